The van der Waals surface area contributed by atoms with E-state index < -0.39 is 0 Å². The van der Waals surface area contributed by atoms with E-state index >= 15 is 0 Å². The SMILES string of the molecule is O=Cc1ccc2nc(N3CCCC3)ncc2c1. The topological polar surface area (TPSA) is 46.1 Å². The molecule has 4 nitrogen and oxygen atoms in total. The zero-order chi connectivity index (χ0) is 11.7. The summed E-state index contributed by atoms with van der Waals surface area (Å²) >= 11 is 0. The van der Waals surface area contributed by atoms with Crippen LogP contribution < -0.4 is 4.90 Å². The standard InChI is InChI=1S/C13H13N3O/c17-9-10-3-4-12-11(7-10)8-14-13(15-12)16-5-1-2-6-16/h3-4,7-9H,1-2,5-6H2. The van der Waals surface area contributed by atoms with Gasteiger partial charge >= 0.3 is 0 Å². The largest absolute Gasteiger partial charge is 0.341 e. The lowest BCUT2D eigenvalue weighted by molar-refractivity contribution is 0.112. The maximum absolute atomic E-state index is 10.7. The Morgan fingerprint density at radius 2 is 2.06 bits per heavy atom. The van der Waals surface area contributed by atoms with Gasteiger partial charge in [0.25, 0.3) is 0 Å². The van der Waals surface area contributed by atoms with Crippen molar-refractivity contribution in [2.24, 2.45) is 0 Å². The number of anilines is 1. The van der Waals surface area contributed by atoms with Gasteiger partial charge in [-0.2, -0.15) is 0 Å². The third-order valence-corrected chi connectivity index (χ3v) is 3.12. The molecule has 0 unspecified atom stereocenters. The first-order valence-corrected chi connectivity index (χ1v) is 5.84. The normalized spacial score (nSPS) is 15.4. The molecule has 1 aromatic carbocycles. The van der Waals surface area contributed by atoms with Crippen LogP contribution in [0.3, 0.4) is 0 Å². The van der Waals surface area contributed by atoms with E-state index in [4.69, 9.17) is 0 Å². The van der Waals surface area contributed by atoms with Crippen LogP contribution in [-0.2, 0) is 0 Å². The molecule has 0 radical (unpaired) electrons. The molecule has 17 heavy (non-hydrogen) atoms. The minimum atomic E-state index is 0.662. The Balaban J connectivity index is 2.03. The Morgan fingerprint density at radius 1 is 1.24 bits per heavy atom. The maximum atomic E-state index is 10.7. The smallest absolute Gasteiger partial charge is 0.225 e. The van der Waals surface area contributed by atoms with E-state index in [-0.39, 0.29) is 0 Å². The molecule has 2 aromatic rings. The van der Waals surface area contributed by atoms with Crippen LogP contribution in [0.1, 0.15) is 23.2 Å². The van der Waals surface area contributed by atoms with Crippen LogP contribution in [0.15, 0.2) is 24.4 Å². The molecule has 2 heterocycles. The first-order valence-electron chi connectivity index (χ1n) is 5.84. The summed E-state index contributed by atoms with van der Waals surface area (Å²) in [4.78, 5) is 21.8. The summed E-state index contributed by atoms with van der Waals surface area (Å²) in [7, 11) is 0. The van der Waals surface area contributed by atoms with Crippen molar-refractivity contribution in [2.45, 2.75) is 12.8 Å². The fourth-order valence-electron chi connectivity index (χ4n) is 2.18. The minimum Gasteiger partial charge on any atom is -0.341 e. The average molecular weight is 227 g/mol. The molecule has 0 bridgehead atoms. The molecule has 1 aromatic heterocycles. The van der Waals surface area contributed by atoms with Crippen LogP contribution in [0.25, 0.3) is 10.9 Å². The quantitative estimate of drug-likeness (QED) is 0.736. The Morgan fingerprint density at radius 3 is 2.82 bits per heavy atom. The van der Waals surface area contributed by atoms with Crippen LogP contribution in [-0.4, -0.2) is 29.3 Å². The van der Waals surface area contributed by atoms with E-state index in [1.165, 1.54) is 12.8 Å². The van der Waals surface area contributed by atoms with Crippen LogP contribution in [0.5, 0.6) is 0 Å². The van der Waals surface area contributed by atoms with Gasteiger partial charge in [0.1, 0.15) is 6.29 Å². The molecule has 0 spiro atoms. The highest BCUT2D eigenvalue weighted by atomic mass is 16.1. The second-order valence-electron chi connectivity index (χ2n) is 4.30. The van der Waals surface area contributed by atoms with Gasteiger partial charge in [0, 0.05) is 30.2 Å². The van der Waals surface area contributed by atoms with Crippen molar-refractivity contribution in [3.63, 3.8) is 0 Å². The van der Waals surface area contributed by atoms with Gasteiger partial charge in [-0.05, 0) is 31.0 Å². The predicted octanol–water partition coefficient (Wildman–Crippen LogP) is 2.04. The number of carbonyl (C=O) groups excluding carboxylic acids is 1. The molecule has 1 fully saturated rings. The molecule has 3 rings (SSSR count). The van der Waals surface area contributed by atoms with Crippen molar-refractivity contribution in [3.05, 3.63) is 30.0 Å². The summed E-state index contributed by atoms with van der Waals surface area (Å²) in [5, 5.41) is 0.914. The molecule has 0 saturated carbocycles. The van der Waals surface area contributed by atoms with E-state index in [1.54, 1.807) is 12.3 Å². The van der Waals surface area contributed by atoms with E-state index in [0.29, 0.717) is 5.56 Å². The highest BCUT2D eigenvalue weighted by molar-refractivity contribution is 5.86. The summed E-state index contributed by atoms with van der Waals surface area (Å²) in [6.45, 7) is 2.08. The molecule has 1 aliphatic rings. The van der Waals surface area contributed by atoms with E-state index in [2.05, 4.69) is 14.9 Å². The summed E-state index contributed by atoms with van der Waals surface area (Å²) in [6, 6.07) is 5.48. The molecule has 1 saturated heterocycles. The zero-order valence-electron chi connectivity index (χ0n) is 9.47. The first kappa shape index (κ1) is 10.2. The van der Waals surface area contributed by atoms with Gasteiger partial charge in [-0.15, -0.1) is 0 Å². The van der Waals surface area contributed by atoms with Crippen molar-refractivity contribution >= 4 is 23.1 Å². The van der Waals surface area contributed by atoms with Gasteiger partial charge in [-0.25, -0.2) is 9.97 Å². The number of hydrogen-bond donors (Lipinski definition) is 0. The molecule has 0 aliphatic carbocycles. The fraction of sp³-hybridized carbons (Fsp3) is 0.308. The Bertz CT molecular complexity index is 562. The number of aromatic nitrogens is 2. The van der Waals surface area contributed by atoms with Gasteiger partial charge in [0.05, 0.1) is 5.52 Å². The number of benzene rings is 1. The fourth-order valence-corrected chi connectivity index (χ4v) is 2.18. The van der Waals surface area contributed by atoms with E-state index in [9.17, 15) is 4.79 Å². The molecule has 4 heteroatoms. The molecule has 0 N–H and O–H groups in total. The number of hydrogen-bond acceptors (Lipinski definition) is 4. The lowest BCUT2D eigenvalue weighted by Crippen LogP contribution is -2.20. The number of nitrogens with zero attached hydrogens (tertiary/aromatic N) is 3. The Kier molecular flexibility index (Phi) is 2.48. The van der Waals surface area contributed by atoms with E-state index in [0.717, 1.165) is 36.2 Å². The van der Waals surface area contributed by atoms with Crippen molar-refractivity contribution in [2.75, 3.05) is 18.0 Å². The highest BCUT2D eigenvalue weighted by Gasteiger charge is 2.14. The second-order valence-corrected chi connectivity index (χ2v) is 4.30. The molecular weight excluding hydrogens is 214 g/mol. The third-order valence-electron chi connectivity index (χ3n) is 3.12. The van der Waals surface area contributed by atoms with Crippen LogP contribution >= 0.6 is 0 Å². The van der Waals surface area contributed by atoms with Gasteiger partial charge in [-0.3, -0.25) is 4.79 Å². The molecule has 0 atom stereocenters. The maximum Gasteiger partial charge on any atom is 0.225 e. The number of rotatable bonds is 2. The van der Waals surface area contributed by atoms with Crippen molar-refractivity contribution in [1.29, 1.82) is 0 Å². The van der Waals surface area contributed by atoms with E-state index in [1.807, 2.05) is 12.1 Å². The van der Waals surface area contributed by atoms with Gasteiger partial charge < -0.3 is 4.90 Å². The monoisotopic (exact) mass is 227 g/mol. The number of carbonyl (C=O) groups is 1. The predicted molar refractivity (Wildman–Crippen MR) is 66.4 cm³/mol. The van der Waals surface area contributed by atoms with Crippen LogP contribution in [0.2, 0.25) is 0 Å². The molecule has 1 aliphatic heterocycles. The zero-order valence-corrected chi connectivity index (χ0v) is 9.47. The van der Waals surface area contributed by atoms with Gasteiger partial charge in [-0.1, -0.05) is 0 Å². The molecular formula is C13H13N3O. The Labute approximate surface area is 99.3 Å². The van der Waals surface area contributed by atoms with Crippen molar-refractivity contribution in [1.82, 2.24) is 9.97 Å². The third kappa shape index (κ3) is 1.86. The van der Waals surface area contributed by atoms with Crippen LogP contribution in [0, 0.1) is 0 Å². The first-order chi connectivity index (χ1) is 8.36. The van der Waals surface area contributed by atoms with Gasteiger partial charge in [0.15, 0.2) is 0 Å². The average Bonchev–Trinajstić information content (AvgIpc) is 2.91. The Hall–Kier alpha value is -1.97. The summed E-state index contributed by atoms with van der Waals surface area (Å²) in [6.07, 6.45) is 5.06. The van der Waals surface area contributed by atoms with Crippen molar-refractivity contribution in [3.8, 4) is 0 Å². The number of aldehydes is 1. The highest BCUT2D eigenvalue weighted by Crippen LogP contribution is 2.19. The molecule has 86 valence electrons. The lowest BCUT2D eigenvalue weighted by atomic mass is 10.2. The second kappa shape index (κ2) is 4.13. The summed E-state index contributed by atoms with van der Waals surface area (Å²) in [5.41, 5.74) is 1.56. The molecule has 0 amide bonds. The van der Waals surface area contributed by atoms with Crippen molar-refractivity contribution < 1.29 is 4.79 Å². The summed E-state index contributed by atoms with van der Waals surface area (Å²) < 4.78 is 0. The van der Waals surface area contributed by atoms with Gasteiger partial charge in [0.2, 0.25) is 5.95 Å². The number of fused-ring (bicyclic) bond motifs is 1. The van der Waals surface area contributed by atoms with Crippen LogP contribution in [0.4, 0.5) is 5.95 Å². The summed E-state index contributed by atoms with van der Waals surface area (Å²) in [5.74, 6) is 0.800. The minimum absolute atomic E-state index is 0.662. The lowest BCUT2D eigenvalue weighted by Gasteiger charge is -2.14.